The Bertz CT molecular complexity index is 436. The molecule has 0 N–H and O–H groups in total. The molecule has 1 fully saturated rings. The molecule has 2 atom stereocenters. The van der Waals surface area contributed by atoms with E-state index in [2.05, 4.69) is 9.88 Å². The number of morpholine rings is 1. The van der Waals surface area contributed by atoms with Crippen LogP contribution >= 0.6 is 0 Å². The van der Waals surface area contributed by atoms with Gasteiger partial charge < -0.3 is 26.6 Å². The molecule has 1 aliphatic heterocycles. The van der Waals surface area contributed by atoms with Crippen LogP contribution in [0.15, 0.2) is 24.0 Å². The van der Waals surface area contributed by atoms with Gasteiger partial charge in [0.25, 0.3) is 0 Å². The zero-order valence-corrected chi connectivity index (χ0v) is 16.9. The van der Waals surface area contributed by atoms with Gasteiger partial charge in [-0.3, -0.25) is 4.90 Å². The third-order valence-electron chi connectivity index (χ3n) is 3.55. The monoisotopic (exact) mass is 379 g/mol. The van der Waals surface area contributed by atoms with Crippen molar-refractivity contribution < 1.29 is 46.1 Å². The average molecular weight is 381 g/mol. The molecule has 0 amide bonds. The molecular formula is C14H22ClN3O3Zn. The van der Waals surface area contributed by atoms with E-state index in [1.54, 1.807) is 6.08 Å². The van der Waals surface area contributed by atoms with E-state index in [1.807, 2.05) is 26.0 Å². The van der Waals surface area contributed by atoms with E-state index < -0.39 is 11.8 Å². The van der Waals surface area contributed by atoms with Crippen molar-refractivity contribution in [3.63, 3.8) is 0 Å². The Morgan fingerprint density at radius 3 is 2.59 bits per heavy atom. The normalized spacial score (nSPS) is 27.9. The van der Waals surface area contributed by atoms with Crippen LogP contribution in [0.3, 0.4) is 0 Å². The van der Waals surface area contributed by atoms with Gasteiger partial charge in [-0.2, -0.15) is 0 Å². The first-order valence-corrected chi connectivity index (χ1v) is 7.11. The van der Waals surface area contributed by atoms with Gasteiger partial charge in [-0.25, -0.2) is 0 Å². The third kappa shape index (κ3) is 4.50. The van der Waals surface area contributed by atoms with Crippen molar-refractivity contribution in [2.45, 2.75) is 25.6 Å². The second-order valence-corrected chi connectivity index (χ2v) is 4.68. The van der Waals surface area contributed by atoms with E-state index in [0.29, 0.717) is 32.2 Å². The molecule has 2 rings (SSSR count). The zero-order chi connectivity index (χ0) is 14.4. The number of rotatable bonds is 5. The van der Waals surface area contributed by atoms with Crippen LogP contribution in [0.4, 0.5) is 0 Å². The van der Waals surface area contributed by atoms with Crippen LogP contribution in [0.5, 0.6) is 0 Å². The van der Waals surface area contributed by atoms with Crippen LogP contribution in [0.25, 0.3) is 4.98 Å². The number of diazo groups is 1. The van der Waals surface area contributed by atoms with Gasteiger partial charge in [0.2, 0.25) is 11.1 Å². The zero-order valence-electron chi connectivity index (χ0n) is 13.2. The first kappa shape index (κ1) is 21.5. The van der Waals surface area contributed by atoms with Crippen LogP contribution in [0.2, 0.25) is 0 Å². The quantitative estimate of drug-likeness (QED) is 0.441. The summed E-state index contributed by atoms with van der Waals surface area (Å²) in [6, 6.07) is -0.507. The molecule has 6 nitrogen and oxygen atoms in total. The summed E-state index contributed by atoms with van der Waals surface area (Å²) in [6.07, 6.45) is 5.61. The Hall–Kier alpha value is -0.507. The summed E-state index contributed by atoms with van der Waals surface area (Å²) in [6.45, 7) is 7.77. The maximum Gasteiger partial charge on any atom is 0.381 e. The van der Waals surface area contributed by atoms with Crippen molar-refractivity contribution in [2.24, 2.45) is 0 Å². The molecule has 1 aliphatic carbocycles. The maximum atomic E-state index is 9.42. The minimum atomic E-state index is -0.756. The van der Waals surface area contributed by atoms with Crippen LogP contribution in [0.1, 0.15) is 13.8 Å². The molecule has 0 spiro atoms. The fourth-order valence-corrected chi connectivity index (χ4v) is 2.67. The van der Waals surface area contributed by atoms with Gasteiger partial charge in [0.1, 0.15) is 10.7 Å². The Labute approximate surface area is 150 Å². The van der Waals surface area contributed by atoms with Crippen LogP contribution in [-0.4, -0.2) is 56.2 Å². The second-order valence-electron chi connectivity index (χ2n) is 4.68. The number of hydrogen-bond donors (Lipinski definition) is 0. The van der Waals surface area contributed by atoms with Crippen molar-refractivity contribution in [1.29, 1.82) is 5.39 Å². The average Bonchev–Trinajstić information content (AvgIpc) is 2.50. The predicted molar refractivity (Wildman–Crippen MR) is 74.5 cm³/mol. The summed E-state index contributed by atoms with van der Waals surface area (Å²) < 4.78 is 16.8. The molecule has 1 saturated heterocycles. The molecular weight excluding hydrogens is 359 g/mol. The minimum absolute atomic E-state index is 0. The Kier molecular flexibility index (Phi) is 10.1. The number of hydrogen-bond acceptors (Lipinski definition) is 5. The van der Waals surface area contributed by atoms with Gasteiger partial charge in [0.05, 0.1) is 25.9 Å². The molecule has 1 heterocycles. The molecule has 0 aromatic carbocycles. The first-order valence-electron chi connectivity index (χ1n) is 7.11. The van der Waals surface area contributed by atoms with Gasteiger partial charge in [-0.1, -0.05) is 0 Å². The molecule has 2 aliphatic rings. The molecule has 2 unspecified atom stereocenters. The fourth-order valence-electron chi connectivity index (χ4n) is 2.67. The maximum absolute atomic E-state index is 9.42. The van der Waals surface area contributed by atoms with E-state index in [0.717, 1.165) is 13.1 Å². The molecule has 0 aromatic rings. The molecule has 0 aromatic heterocycles. The Morgan fingerprint density at radius 1 is 1.36 bits per heavy atom. The van der Waals surface area contributed by atoms with Crippen molar-refractivity contribution >= 4 is 0 Å². The smallest absolute Gasteiger partial charge is 0.381 e. The number of halogens is 1. The summed E-state index contributed by atoms with van der Waals surface area (Å²) in [7, 11) is 0. The first-order chi connectivity index (χ1) is 9.76. The van der Waals surface area contributed by atoms with Gasteiger partial charge in [-0.05, 0) is 26.0 Å². The third-order valence-corrected chi connectivity index (χ3v) is 3.55. The molecule has 0 radical (unpaired) electrons. The van der Waals surface area contributed by atoms with Crippen LogP contribution < -0.4 is 12.4 Å². The molecule has 22 heavy (non-hydrogen) atoms. The second kappa shape index (κ2) is 10.3. The summed E-state index contributed by atoms with van der Waals surface area (Å²) in [5.74, 6) is 0.707. The van der Waals surface area contributed by atoms with E-state index in [9.17, 15) is 5.39 Å². The van der Waals surface area contributed by atoms with Crippen molar-refractivity contribution in [3.8, 4) is 0 Å². The van der Waals surface area contributed by atoms with Gasteiger partial charge in [-0.15, -0.1) is 0 Å². The number of ether oxygens (including phenoxy) is 3. The van der Waals surface area contributed by atoms with E-state index in [4.69, 9.17) is 14.2 Å². The van der Waals surface area contributed by atoms with Crippen LogP contribution in [-0.2, 0) is 33.7 Å². The van der Waals surface area contributed by atoms with E-state index in [-0.39, 0.29) is 31.9 Å². The van der Waals surface area contributed by atoms with E-state index >= 15 is 0 Å². The summed E-state index contributed by atoms with van der Waals surface area (Å²) in [5.41, 5.74) is -0.756. The SMILES string of the molecule is CCOC1=CC([N+]#N)C(OCC)(N2CCOCC2)C=C1.[Cl-].[Zn]. The summed E-state index contributed by atoms with van der Waals surface area (Å²) in [4.78, 5) is 5.67. The van der Waals surface area contributed by atoms with Crippen LogP contribution in [0, 0.1) is 5.39 Å². The molecule has 0 saturated carbocycles. The number of allylic oxidation sites excluding steroid dienone is 1. The fraction of sp³-hybridized carbons (Fsp3) is 0.714. The van der Waals surface area contributed by atoms with Crippen molar-refractivity contribution in [1.82, 2.24) is 4.90 Å². The molecule has 0 bridgehead atoms. The topological polar surface area (TPSA) is 59.1 Å². The predicted octanol–water partition coefficient (Wildman–Crippen LogP) is -1.24. The van der Waals surface area contributed by atoms with Gasteiger partial charge >= 0.3 is 6.04 Å². The number of nitrogens with zero attached hydrogens (tertiary/aromatic N) is 3. The molecule has 120 valence electrons. The summed E-state index contributed by atoms with van der Waals surface area (Å²) in [5, 5.41) is 9.42. The van der Waals surface area contributed by atoms with Crippen molar-refractivity contribution in [3.05, 3.63) is 29.0 Å². The van der Waals surface area contributed by atoms with Gasteiger partial charge in [0, 0.05) is 39.2 Å². The Balaban J connectivity index is 0.00000220. The van der Waals surface area contributed by atoms with Crippen molar-refractivity contribution in [2.75, 3.05) is 39.5 Å². The van der Waals surface area contributed by atoms with E-state index in [1.165, 1.54) is 0 Å². The molecule has 8 heteroatoms. The summed E-state index contributed by atoms with van der Waals surface area (Å²) >= 11 is 0. The Morgan fingerprint density at radius 2 is 2.05 bits per heavy atom. The minimum Gasteiger partial charge on any atom is -1.00 e. The van der Waals surface area contributed by atoms with Gasteiger partial charge in [0.15, 0.2) is 0 Å². The standard InChI is InChI=1S/C14H22N3O3.ClH.Zn/c1-3-19-12-5-6-14(20-4-2,13(11-12)16-15)17-7-9-18-10-8-17;;/h5-6,11,13H,3-4,7-10H2,1-2H3;1H;/q+1;;/p-1. The largest absolute Gasteiger partial charge is 1.00 e.